The van der Waals surface area contributed by atoms with E-state index in [1.807, 2.05) is 0 Å². The number of ether oxygens (including phenoxy) is 3. The van der Waals surface area contributed by atoms with E-state index in [0.717, 1.165) is 0 Å². The summed E-state index contributed by atoms with van der Waals surface area (Å²) >= 11 is 0. The van der Waals surface area contributed by atoms with Gasteiger partial charge in [-0.05, 0) is 12.5 Å². The number of halogens is 6. The van der Waals surface area contributed by atoms with Crippen molar-refractivity contribution >= 4 is 17.6 Å². The van der Waals surface area contributed by atoms with E-state index in [9.17, 15) is 46.0 Å². The molecule has 0 fully saturated rings. The van der Waals surface area contributed by atoms with Crippen LogP contribution in [0.4, 0.5) is 32.0 Å². The number of alkyl halides is 6. The maximum atomic E-state index is 13.8. The second kappa shape index (κ2) is 9.57. The lowest BCUT2D eigenvalue weighted by molar-refractivity contribution is -0.386. The highest BCUT2D eigenvalue weighted by Gasteiger charge is 2.61. The summed E-state index contributed by atoms with van der Waals surface area (Å²) < 4.78 is 95.0. The number of hydrogen-bond acceptors (Lipinski definition) is 7. The average Bonchev–Trinajstić information content (AvgIpc) is 2.75. The van der Waals surface area contributed by atoms with E-state index in [1.54, 1.807) is 6.07 Å². The van der Waals surface area contributed by atoms with Crippen LogP contribution in [-0.2, 0) is 27.1 Å². The Kier molecular flexibility index (Phi) is 7.43. The molecule has 184 valence electrons. The molecule has 0 heterocycles. The minimum Gasteiger partial charge on any atom is -0.465 e. The molecule has 2 rings (SSSR count). The number of rotatable bonds is 7. The van der Waals surface area contributed by atoms with E-state index >= 15 is 0 Å². The molecule has 0 amide bonds. The third-order valence-electron chi connectivity index (χ3n) is 4.46. The number of methoxy groups -OCH3 is 1. The molecular formula is C20H15F6NO7. The Hall–Kier alpha value is -3.84. The second-order valence-electron chi connectivity index (χ2n) is 6.81. The summed E-state index contributed by atoms with van der Waals surface area (Å²) in [5, 5.41) is 11.4. The second-order valence-corrected chi connectivity index (χ2v) is 6.81. The molecule has 0 aliphatic rings. The van der Waals surface area contributed by atoms with Crippen molar-refractivity contribution < 1.29 is 55.1 Å². The first-order valence-corrected chi connectivity index (χ1v) is 9.06. The zero-order valence-electron chi connectivity index (χ0n) is 17.3. The molecule has 0 aliphatic heterocycles. The fourth-order valence-electron chi connectivity index (χ4n) is 2.60. The van der Waals surface area contributed by atoms with Crippen molar-refractivity contribution in [2.75, 3.05) is 7.11 Å². The lowest BCUT2D eigenvalue weighted by Crippen LogP contribution is -2.55. The van der Waals surface area contributed by atoms with E-state index in [1.165, 1.54) is 24.3 Å². The maximum Gasteiger partial charge on any atom is 0.439 e. The fourth-order valence-corrected chi connectivity index (χ4v) is 2.60. The summed E-state index contributed by atoms with van der Waals surface area (Å²) in [5.74, 6) is -5.27. The highest BCUT2D eigenvalue weighted by Crippen LogP contribution is 2.43. The van der Waals surface area contributed by atoms with Crippen LogP contribution in [0.3, 0.4) is 0 Å². The van der Waals surface area contributed by atoms with Crippen molar-refractivity contribution in [2.24, 2.45) is 0 Å². The van der Waals surface area contributed by atoms with E-state index in [2.05, 4.69) is 14.2 Å². The van der Waals surface area contributed by atoms with Crippen LogP contribution in [0.2, 0.25) is 0 Å². The quantitative estimate of drug-likeness (QED) is 0.234. The lowest BCUT2D eigenvalue weighted by Gasteiger charge is -2.30. The summed E-state index contributed by atoms with van der Waals surface area (Å²) in [6.07, 6.45) is -10.9. The van der Waals surface area contributed by atoms with Crippen LogP contribution in [0, 0.1) is 10.1 Å². The Bertz CT molecular complexity index is 1090. The van der Waals surface area contributed by atoms with Gasteiger partial charge < -0.3 is 14.2 Å². The van der Waals surface area contributed by atoms with Crippen molar-refractivity contribution in [3.63, 3.8) is 0 Å². The molecule has 34 heavy (non-hydrogen) atoms. The molecule has 2 aromatic rings. The molecule has 14 heteroatoms. The Balaban J connectivity index is 2.58. The van der Waals surface area contributed by atoms with Gasteiger partial charge in [-0.15, -0.1) is 0 Å². The third kappa shape index (κ3) is 5.55. The molecule has 0 saturated heterocycles. The van der Waals surface area contributed by atoms with Crippen molar-refractivity contribution in [1.29, 1.82) is 0 Å². The molecule has 0 bridgehead atoms. The predicted molar refractivity (Wildman–Crippen MR) is 101 cm³/mol. The van der Waals surface area contributed by atoms with Gasteiger partial charge in [0.25, 0.3) is 5.60 Å². The molecule has 1 unspecified atom stereocenters. The Morgan fingerprint density at radius 1 is 1.03 bits per heavy atom. The lowest BCUT2D eigenvalue weighted by atomic mass is 10.0. The number of nitro groups is 1. The minimum atomic E-state index is -5.58. The van der Waals surface area contributed by atoms with Crippen molar-refractivity contribution in [1.82, 2.24) is 0 Å². The molecule has 1 atom stereocenters. The van der Waals surface area contributed by atoms with Gasteiger partial charge in [0.15, 0.2) is 5.75 Å². The average molecular weight is 495 g/mol. The smallest absolute Gasteiger partial charge is 0.439 e. The minimum absolute atomic E-state index is 0.0517. The largest absolute Gasteiger partial charge is 0.465 e. The summed E-state index contributed by atoms with van der Waals surface area (Å²) in [6.45, 7) is -0.503. The number of carbonyl (C=O) groups excluding carboxylic acids is 2. The van der Waals surface area contributed by atoms with Gasteiger partial charge in [-0.3, -0.25) is 10.1 Å². The summed E-state index contributed by atoms with van der Waals surface area (Å²) in [5.41, 5.74) is -8.31. The maximum absolute atomic E-state index is 13.8. The van der Waals surface area contributed by atoms with E-state index in [-0.39, 0.29) is 24.6 Å². The first-order valence-electron chi connectivity index (χ1n) is 9.06. The topological polar surface area (TPSA) is 105 Å². The third-order valence-corrected chi connectivity index (χ3v) is 4.46. The van der Waals surface area contributed by atoms with Gasteiger partial charge in [-0.25, -0.2) is 9.59 Å². The SMILES string of the molecule is COC(=O)c1cc([N+](=O)[O-])c(OC(C)(C(=O)OCc2ccccc2)C(F)(F)F)cc1C(F)(F)F. The predicted octanol–water partition coefficient (Wildman–Crippen LogP) is 4.84. The molecule has 0 saturated carbocycles. The summed E-state index contributed by atoms with van der Waals surface area (Å²) in [7, 11) is 0.697. The molecule has 0 aromatic heterocycles. The molecule has 0 spiro atoms. The van der Waals surface area contributed by atoms with Gasteiger partial charge in [0.1, 0.15) is 6.61 Å². The van der Waals surface area contributed by atoms with E-state index < -0.39 is 64.0 Å². The Morgan fingerprint density at radius 3 is 2.09 bits per heavy atom. The van der Waals surface area contributed by atoms with Crippen molar-refractivity contribution in [2.45, 2.75) is 31.5 Å². The molecule has 0 N–H and O–H groups in total. The highest BCUT2D eigenvalue weighted by molar-refractivity contribution is 5.92. The van der Waals surface area contributed by atoms with Gasteiger partial charge in [-0.2, -0.15) is 26.3 Å². The van der Waals surface area contributed by atoms with Crippen LogP contribution < -0.4 is 4.74 Å². The number of carbonyl (C=O) groups is 2. The van der Waals surface area contributed by atoms with Crippen LogP contribution in [0.5, 0.6) is 5.75 Å². The Labute approximate surface area is 187 Å². The first kappa shape index (κ1) is 26.4. The molecule has 0 aliphatic carbocycles. The van der Waals surface area contributed by atoms with Crippen molar-refractivity contribution in [3.05, 3.63) is 69.3 Å². The fraction of sp³-hybridized carbons (Fsp3) is 0.300. The monoisotopic (exact) mass is 495 g/mol. The summed E-state index contributed by atoms with van der Waals surface area (Å²) in [4.78, 5) is 34.0. The van der Waals surface area contributed by atoms with Gasteiger partial charge in [-0.1, -0.05) is 30.3 Å². The zero-order chi connectivity index (χ0) is 25.9. The normalized spacial score (nSPS) is 13.5. The standard InChI is InChI=1S/C20H15F6NO7/c1-18(20(24,25)26,17(29)33-10-11-6-4-3-5-7-11)34-15-9-13(19(21,22)23)12(16(28)32-2)8-14(15)27(30)31/h3-9H,10H2,1-2H3. The van der Waals surface area contributed by atoms with Gasteiger partial charge >= 0.3 is 30.0 Å². The Morgan fingerprint density at radius 2 is 1.62 bits per heavy atom. The van der Waals surface area contributed by atoms with Crippen molar-refractivity contribution in [3.8, 4) is 5.75 Å². The molecule has 0 radical (unpaired) electrons. The van der Waals surface area contributed by atoms with E-state index in [0.29, 0.717) is 7.11 Å². The number of benzene rings is 2. The number of nitro benzene ring substituents is 1. The van der Waals surface area contributed by atoms with E-state index in [4.69, 9.17) is 0 Å². The molecule has 2 aromatic carbocycles. The van der Waals surface area contributed by atoms with Gasteiger partial charge in [0.05, 0.1) is 23.2 Å². The number of nitrogens with zero attached hydrogens (tertiary/aromatic N) is 1. The van der Waals surface area contributed by atoms with Crippen LogP contribution >= 0.6 is 0 Å². The van der Waals surface area contributed by atoms with Crippen LogP contribution in [0.1, 0.15) is 28.4 Å². The van der Waals surface area contributed by atoms with Crippen LogP contribution in [-0.4, -0.2) is 35.7 Å². The van der Waals surface area contributed by atoms with Gasteiger partial charge in [0.2, 0.25) is 0 Å². The molecular weight excluding hydrogens is 480 g/mol. The molecule has 8 nitrogen and oxygen atoms in total. The number of hydrogen-bond donors (Lipinski definition) is 0. The summed E-state index contributed by atoms with van der Waals surface area (Å²) in [6, 6.07) is 7.32. The first-order chi connectivity index (χ1) is 15.6. The van der Waals surface area contributed by atoms with Crippen LogP contribution in [0.25, 0.3) is 0 Å². The van der Waals surface area contributed by atoms with Gasteiger partial charge in [0, 0.05) is 12.1 Å². The van der Waals surface area contributed by atoms with Crippen LogP contribution in [0.15, 0.2) is 42.5 Å². The number of esters is 2. The highest BCUT2D eigenvalue weighted by atomic mass is 19.4. The zero-order valence-corrected chi connectivity index (χ0v) is 17.3.